The van der Waals surface area contributed by atoms with Crippen LogP contribution in [0.2, 0.25) is 0 Å². The number of hydrogen-bond acceptors (Lipinski definition) is 5. The van der Waals surface area contributed by atoms with Crippen molar-refractivity contribution in [2.45, 2.75) is 76.7 Å². The second-order valence-corrected chi connectivity index (χ2v) is 11.2. The summed E-state index contributed by atoms with van der Waals surface area (Å²) >= 11 is 1.28. The van der Waals surface area contributed by atoms with E-state index in [4.69, 9.17) is 10.5 Å². The quantitative estimate of drug-likeness (QED) is 0.376. The van der Waals surface area contributed by atoms with Crippen LogP contribution in [-0.4, -0.2) is 16.7 Å². The molecule has 1 heterocycles. The van der Waals surface area contributed by atoms with Crippen molar-refractivity contribution in [3.05, 3.63) is 69.8 Å². The Kier molecular flexibility index (Phi) is 6.99. The first kappa shape index (κ1) is 24.2. The lowest BCUT2D eigenvalue weighted by Crippen LogP contribution is -2.44. The minimum absolute atomic E-state index is 0.0766. The molecule has 0 fully saturated rings. The Balaban J connectivity index is 1.91. The van der Waals surface area contributed by atoms with Crippen LogP contribution in [0.5, 0.6) is 0 Å². The highest BCUT2D eigenvalue weighted by Gasteiger charge is 2.44. The van der Waals surface area contributed by atoms with E-state index in [1.54, 1.807) is 0 Å². The van der Waals surface area contributed by atoms with Crippen LogP contribution in [0.3, 0.4) is 0 Å². The van der Waals surface area contributed by atoms with Crippen molar-refractivity contribution in [2.75, 3.05) is 5.73 Å². The van der Waals surface area contributed by atoms with E-state index >= 15 is 0 Å². The van der Waals surface area contributed by atoms with E-state index in [-0.39, 0.29) is 22.0 Å². The van der Waals surface area contributed by atoms with E-state index < -0.39 is 11.6 Å². The Bertz CT molecular complexity index is 1020. The summed E-state index contributed by atoms with van der Waals surface area (Å²) in [6, 6.07) is 14.1. The molecule has 0 amide bonds. The number of ether oxygens (including phenoxy) is 1. The molecule has 0 radical (unpaired) electrons. The number of benzene rings is 2. The number of aliphatic hydroxyl groups excluding tert-OH is 1. The fourth-order valence-electron chi connectivity index (χ4n) is 4.08. The van der Waals surface area contributed by atoms with Gasteiger partial charge in [0.25, 0.3) is 0 Å². The minimum Gasteiger partial charge on any atom is -0.511 e. The van der Waals surface area contributed by atoms with Gasteiger partial charge in [0.2, 0.25) is 0 Å². The molecule has 172 valence electrons. The summed E-state index contributed by atoms with van der Waals surface area (Å²) in [7, 11) is 0. The van der Waals surface area contributed by atoms with Crippen molar-refractivity contribution in [3.63, 3.8) is 0 Å². The summed E-state index contributed by atoms with van der Waals surface area (Å²) in [6.07, 6.45) is 1.77. The smallest absolute Gasteiger partial charge is 0.349 e. The van der Waals surface area contributed by atoms with Crippen molar-refractivity contribution in [1.29, 1.82) is 0 Å². The number of hydrogen-bond donors (Lipinski definition) is 2. The van der Waals surface area contributed by atoms with E-state index in [1.807, 2.05) is 51.1 Å². The predicted octanol–water partition coefficient (Wildman–Crippen LogP) is 6.71. The molecular formula is C27H35NO3S. The zero-order valence-corrected chi connectivity index (χ0v) is 20.8. The van der Waals surface area contributed by atoms with Gasteiger partial charge in [0.15, 0.2) is 0 Å². The van der Waals surface area contributed by atoms with E-state index in [0.717, 1.165) is 28.1 Å². The van der Waals surface area contributed by atoms with Crippen molar-refractivity contribution < 1.29 is 14.6 Å². The number of esters is 1. The second-order valence-electron chi connectivity index (χ2n) is 10.1. The lowest BCUT2D eigenvalue weighted by atomic mass is 9.80. The molecule has 0 saturated heterocycles. The van der Waals surface area contributed by atoms with E-state index in [1.165, 1.54) is 17.3 Å². The molecule has 0 spiro atoms. The fourth-order valence-corrected chi connectivity index (χ4v) is 5.32. The monoisotopic (exact) mass is 453 g/mol. The summed E-state index contributed by atoms with van der Waals surface area (Å²) in [5.74, 6) is -0.259. The first-order chi connectivity index (χ1) is 14.9. The minimum atomic E-state index is -0.717. The van der Waals surface area contributed by atoms with Crippen molar-refractivity contribution in [2.24, 2.45) is 5.92 Å². The van der Waals surface area contributed by atoms with Gasteiger partial charge in [-0.3, -0.25) is 0 Å². The summed E-state index contributed by atoms with van der Waals surface area (Å²) in [5.41, 5.74) is 9.20. The van der Waals surface area contributed by atoms with Crippen LogP contribution in [-0.2, 0) is 21.4 Å². The standard InChI is InChI=1S/C27H35NO3S/c1-17(2)27(13-12-19-10-8-7-9-11-19)16-22(29)24(25(30)31-27)32-23-14-18(3)21(28)15-20(23)26(4,5)6/h7-11,14-15,17,29H,12-13,16,28H2,1-6H3/t27-/m1/s1. The maximum atomic E-state index is 13.2. The first-order valence-electron chi connectivity index (χ1n) is 11.2. The van der Waals surface area contributed by atoms with Gasteiger partial charge in [-0.15, -0.1) is 0 Å². The largest absolute Gasteiger partial charge is 0.511 e. The molecule has 5 heteroatoms. The van der Waals surface area contributed by atoms with Crippen LogP contribution in [0.1, 0.15) is 64.2 Å². The maximum Gasteiger partial charge on any atom is 0.349 e. The molecule has 0 unspecified atom stereocenters. The van der Waals surface area contributed by atoms with Gasteiger partial charge in [-0.05, 0) is 59.9 Å². The Hall–Kier alpha value is -2.40. The number of nitrogens with two attached hydrogens (primary N) is 1. The molecule has 3 rings (SSSR count). The van der Waals surface area contributed by atoms with E-state index in [0.29, 0.717) is 12.8 Å². The first-order valence-corrected chi connectivity index (χ1v) is 12.0. The molecule has 2 aromatic rings. The highest BCUT2D eigenvalue weighted by Crippen LogP contribution is 2.45. The number of cyclic esters (lactones) is 1. The lowest BCUT2D eigenvalue weighted by molar-refractivity contribution is -0.164. The molecule has 0 saturated carbocycles. The Labute approximate surface area is 196 Å². The molecule has 0 aliphatic carbocycles. The third-order valence-corrected chi connectivity index (χ3v) is 7.49. The van der Waals surface area contributed by atoms with Gasteiger partial charge in [-0.2, -0.15) is 0 Å². The number of rotatable bonds is 6. The molecular weight excluding hydrogens is 418 g/mol. The van der Waals surface area contributed by atoms with Gasteiger partial charge in [0.1, 0.15) is 16.3 Å². The lowest BCUT2D eigenvalue weighted by Gasteiger charge is -2.40. The molecule has 2 aromatic carbocycles. The van der Waals surface area contributed by atoms with Crippen LogP contribution in [0, 0.1) is 12.8 Å². The van der Waals surface area contributed by atoms with Crippen LogP contribution < -0.4 is 5.73 Å². The normalized spacial score (nSPS) is 19.4. The van der Waals surface area contributed by atoms with Gasteiger partial charge in [-0.25, -0.2) is 4.79 Å². The predicted molar refractivity (Wildman–Crippen MR) is 133 cm³/mol. The second kappa shape index (κ2) is 9.22. The number of carbonyl (C=O) groups excluding carboxylic acids is 1. The fraction of sp³-hybridized carbons (Fsp3) is 0.444. The zero-order valence-electron chi connectivity index (χ0n) is 20.0. The van der Waals surface area contributed by atoms with E-state index in [2.05, 4.69) is 32.9 Å². The average molecular weight is 454 g/mol. The summed E-state index contributed by atoms with van der Waals surface area (Å²) in [6.45, 7) is 12.4. The molecule has 3 N–H and O–H groups in total. The maximum absolute atomic E-state index is 13.2. The molecule has 32 heavy (non-hydrogen) atoms. The summed E-state index contributed by atoms with van der Waals surface area (Å²) in [4.78, 5) is 14.4. The number of carbonyl (C=O) groups is 1. The Morgan fingerprint density at radius 3 is 2.41 bits per heavy atom. The molecule has 1 aliphatic heterocycles. The van der Waals surface area contributed by atoms with Crippen LogP contribution in [0.25, 0.3) is 0 Å². The van der Waals surface area contributed by atoms with Crippen molar-refractivity contribution in [3.8, 4) is 0 Å². The number of thioether (sulfide) groups is 1. The van der Waals surface area contributed by atoms with Gasteiger partial charge in [0, 0.05) is 17.0 Å². The highest BCUT2D eigenvalue weighted by molar-refractivity contribution is 8.04. The van der Waals surface area contributed by atoms with Crippen molar-refractivity contribution in [1.82, 2.24) is 0 Å². The average Bonchev–Trinajstić information content (AvgIpc) is 2.71. The Morgan fingerprint density at radius 2 is 1.84 bits per heavy atom. The highest BCUT2D eigenvalue weighted by atomic mass is 32.2. The molecule has 0 aromatic heterocycles. The molecule has 4 nitrogen and oxygen atoms in total. The van der Waals surface area contributed by atoms with E-state index in [9.17, 15) is 9.90 Å². The summed E-state index contributed by atoms with van der Waals surface area (Å²) in [5, 5.41) is 11.0. The van der Waals surface area contributed by atoms with Crippen molar-refractivity contribution >= 4 is 23.4 Å². The Morgan fingerprint density at radius 1 is 1.19 bits per heavy atom. The molecule has 1 aliphatic rings. The number of nitrogen functional groups attached to an aromatic ring is 1. The van der Waals surface area contributed by atoms with Gasteiger partial charge in [0.05, 0.1) is 0 Å². The van der Waals surface area contributed by atoms with Gasteiger partial charge >= 0.3 is 5.97 Å². The van der Waals surface area contributed by atoms with Crippen LogP contribution in [0.4, 0.5) is 5.69 Å². The summed E-state index contributed by atoms with van der Waals surface area (Å²) < 4.78 is 6.09. The number of aliphatic hydroxyl groups is 1. The van der Waals surface area contributed by atoms with Crippen LogP contribution >= 0.6 is 11.8 Å². The third-order valence-electron chi connectivity index (χ3n) is 6.33. The molecule has 1 atom stereocenters. The third kappa shape index (κ3) is 5.15. The van der Waals surface area contributed by atoms with Gasteiger partial charge < -0.3 is 15.6 Å². The number of aryl methyl sites for hydroxylation is 2. The van der Waals surface area contributed by atoms with Crippen LogP contribution in [0.15, 0.2) is 58.0 Å². The number of anilines is 1. The SMILES string of the molecule is Cc1cc(SC2=C(O)C[C@](CCc3ccccc3)(C(C)C)OC2=O)c(C(C)(C)C)cc1N. The molecule has 0 bridgehead atoms. The topological polar surface area (TPSA) is 72.5 Å². The zero-order chi connectivity index (χ0) is 23.7. The van der Waals surface area contributed by atoms with Gasteiger partial charge in [-0.1, -0.05) is 76.7 Å².